The molecule has 0 atom stereocenters. The molecule has 0 fully saturated rings. The largest absolute Gasteiger partial charge is 0.449 e. The molecule has 1 aromatic carbocycles. The van der Waals surface area contributed by atoms with Crippen molar-refractivity contribution in [2.75, 3.05) is 18.6 Å². The molecule has 0 aliphatic rings. The fourth-order valence-electron chi connectivity index (χ4n) is 1.93. The van der Waals surface area contributed by atoms with Gasteiger partial charge >= 0.3 is 5.91 Å². The molecule has 4 N–H and O–H groups in total. The highest BCUT2D eigenvalue weighted by atomic mass is 35.5. The molecule has 11 heteroatoms. The number of furan rings is 1. The molecule has 25 heavy (non-hydrogen) atoms. The molecule has 0 spiro atoms. The van der Waals surface area contributed by atoms with Crippen LogP contribution in [-0.4, -0.2) is 38.7 Å². The maximum atomic E-state index is 12.5. The van der Waals surface area contributed by atoms with Crippen molar-refractivity contribution < 1.29 is 21.9 Å². The number of nitrogens with two attached hydrogens (primary N) is 1. The normalized spacial score (nSPS) is 11.2. The zero-order valence-electron chi connectivity index (χ0n) is 13.2. The standard InChI is InChI=1S/C14H15ClN4O5S/c1-18-10-7-11(8-4-3-5-9(15)6-8)23-12(10)13(20)19(14(16)17)24-25(2,21)22/h3-7,18H,1-2H3,(H3,16,17). The SMILES string of the molecule is CNc1cc(-c2cccc(Cl)c2)oc1C(=O)N(OS(C)(=O)=O)C(=N)N. The third-order valence-corrected chi connectivity index (χ3v) is 3.57. The second-order valence-corrected chi connectivity index (χ2v) is 6.87. The highest BCUT2D eigenvalue weighted by Crippen LogP contribution is 2.31. The Bertz CT molecular complexity index is 925. The molecule has 0 saturated heterocycles. The number of amides is 1. The summed E-state index contributed by atoms with van der Waals surface area (Å²) < 4.78 is 32.5. The monoisotopic (exact) mass is 386 g/mol. The number of benzene rings is 1. The summed E-state index contributed by atoms with van der Waals surface area (Å²) in [7, 11) is -2.55. The molecule has 1 aromatic heterocycles. The third-order valence-electron chi connectivity index (χ3n) is 2.92. The van der Waals surface area contributed by atoms with E-state index in [-0.39, 0.29) is 16.5 Å². The molecule has 134 valence electrons. The van der Waals surface area contributed by atoms with Gasteiger partial charge in [0.15, 0.2) is 0 Å². The maximum Gasteiger partial charge on any atom is 0.323 e. The lowest BCUT2D eigenvalue weighted by Crippen LogP contribution is -2.42. The van der Waals surface area contributed by atoms with Crippen LogP contribution in [0.2, 0.25) is 5.02 Å². The molecular formula is C14H15ClN4O5S. The van der Waals surface area contributed by atoms with E-state index in [9.17, 15) is 13.2 Å². The molecule has 0 radical (unpaired) electrons. The molecule has 1 heterocycles. The Hall–Kier alpha value is -2.56. The number of rotatable bonds is 5. The van der Waals surface area contributed by atoms with Gasteiger partial charge in [-0.1, -0.05) is 23.7 Å². The minimum atomic E-state index is -4.09. The van der Waals surface area contributed by atoms with E-state index < -0.39 is 22.0 Å². The number of carbonyl (C=O) groups excluding carboxylic acids is 1. The predicted molar refractivity (Wildman–Crippen MR) is 92.7 cm³/mol. The van der Waals surface area contributed by atoms with E-state index in [1.807, 2.05) is 0 Å². The average molecular weight is 387 g/mol. The summed E-state index contributed by atoms with van der Waals surface area (Å²) in [5, 5.41) is 10.7. The molecule has 0 aliphatic carbocycles. The van der Waals surface area contributed by atoms with E-state index in [0.717, 1.165) is 0 Å². The second kappa shape index (κ2) is 7.13. The summed E-state index contributed by atoms with van der Waals surface area (Å²) >= 11 is 5.94. The van der Waals surface area contributed by atoms with Gasteiger partial charge < -0.3 is 15.5 Å². The zero-order valence-corrected chi connectivity index (χ0v) is 14.8. The number of carbonyl (C=O) groups is 1. The summed E-state index contributed by atoms with van der Waals surface area (Å²) in [6.07, 6.45) is 0.717. The first kappa shape index (κ1) is 18.8. The van der Waals surface area contributed by atoms with Gasteiger partial charge in [0.25, 0.3) is 10.1 Å². The number of hydrogen-bond donors (Lipinski definition) is 3. The molecule has 1 amide bonds. The van der Waals surface area contributed by atoms with Crippen LogP contribution in [0.5, 0.6) is 0 Å². The predicted octanol–water partition coefficient (Wildman–Crippen LogP) is 1.87. The molecule has 0 aliphatic heterocycles. The van der Waals surface area contributed by atoms with Crippen molar-refractivity contribution in [2.24, 2.45) is 5.73 Å². The lowest BCUT2D eigenvalue weighted by Gasteiger charge is -2.16. The zero-order chi connectivity index (χ0) is 18.8. The number of anilines is 1. The van der Waals surface area contributed by atoms with E-state index in [0.29, 0.717) is 22.6 Å². The van der Waals surface area contributed by atoms with Gasteiger partial charge in [-0.15, -0.1) is 9.35 Å². The second-order valence-electron chi connectivity index (χ2n) is 4.88. The van der Waals surface area contributed by atoms with Crippen molar-refractivity contribution in [1.82, 2.24) is 5.06 Å². The molecule has 2 rings (SSSR count). The van der Waals surface area contributed by atoms with Gasteiger partial charge in [0.2, 0.25) is 11.7 Å². The van der Waals surface area contributed by atoms with Crippen LogP contribution in [-0.2, 0) is 14.4 Å². The molecule has 0 saturated carbocycles. The smallest absolute Gasteiger partial charge is 0.323 e. The Morgan fingerprint density at radius 2 is 2.08 bits per heavy atom. The van der Waals surface area contributed by atoms with Gasteiger partial charge in [-0.05, 0) is 12.1 Å². The topological polar surface area (TPSA) is 139 Å². The number of guanidine groups is 1. The van der Waals surface area contributed by atoms with Crippen molar-refractivity contribution in [3.05, 3.63) is 41.1 Å². The Labute approximate surface area is 148 Å². The quantitative estimate of drug-likeness (QED) is 0.405. The summed E-state index contributed by atoms with van der Waals surface area (Å²) in [5.41, 5.74) is 6.08. The van der Waals surface area contributed by atoms with E-state index in [2.05, 4.69) is 9.60 Å². The minimum absolute atomic E-state index is 0.122. The number of hydroxylamine groups is 2. The van der Waals surface area contributed by atoms with Crippen LogP contribution in [0.15, 0.2) is 34.7 Å². The van der Waals surface area contributed by atoms with Gasteiger partial charge in [0.05, 0.1) is 11.9 Å². The number of hydrogen-bond acceptors (Lipinski definition) is 7. The molecule has 9 nitrogen and oxygen atoms in total. The molecular weight excluding hydrogens is 372 g/mol. The maximum absolute atomic E-state index is 12.5. The molecule has 0 unspecified atom stereocenters. The van der Waals surface area contributed by atoms with Crippen LogP contribution >= 0.6 is 11.6 Å². The minimum Gasteiger partial charge on any atom is -0.449 e. The van der Waals surface area contributed by atoms with E-state index >= 15 is 0 Å². The van der Waals surface area contributed by atoms with Crippen molar-refractivity contribution in [3.8, 4) is 11.3 Å². The Kier molecular flexibility index (Phi) is 5.36. The van der Waals surface area contributed by atoms with Gasteiger partial charge in [0, 0.05) is 23.7 Å². The lowest BCUT2D eigenvalue weighted by molar-refractivity contribution is 0.0174. The van der Waals surface area contributed by atoms with Crippen LogP contribution in [0.25, 0.3) is 11.3 Å². The summed E-state index contributed by atoms with van der Waals surface area (Å²) in [6, 6.07) is 8.25. The van der Waals surface area contributed by atoms with Crippen LogP contribution in [0.3, 0.4) is 0 Å². The average Bonchev–Trinajstić information content (AvgIpc) is 2.95. The van der Waals surface area contributed by atoms with Crippen molar-refractivity contribution in [2.45, 2.75) is 0 Å². The van der Waals surface area contributed by atoms with E-state index in [1.54, 1.807) is 31.3 Å². The van der Waals surface area contributed by atoms with Gasteiger partial charge in [-0.25, -0.2) is 0 Å². The van der Waals surface area contributed by atoms with Crippen LogP contribution in [0.4, 0.5) is 5.69 Å². The number of nitrogens with one attached hydrogen (secondary N) is 2. The summed E-state index contributed by atoms with van der Waals surface area (Å²) in [4.78, 5) is 12.5. The lowest BCUT2D eigenvalue weighted by atomic mass is 10.2. The molecule has 0 bridgehead atoms. The summed E-state index contributed by atoms with van der Waals surface area (Å²) in [6.45, 7) is 0. The highest BCUT2D eigenvalue weighted by Gasteiger charge is 2.29. The fraction of sp³-hybridized carbons (Fsp3) is 0.143. The number of nitrogens with zero attached hydrogens (tertiary/aromatic N) is 1. The number of halogens is 1. The Balaban J connectivity index is 2.47. The van der Waals surface area contributed by atoms with Crippen molar-refractivity contribution in [1.29, 1.82) is 5.41 Å². The van der Waals surface area contributed by atoms with E-state index in [1.165, 1.54) is 6.07 Å². The van der Waals surface area contributed by atoms with Gasteiger partial charge in [0.1, 0.15) is 5.76 Å². The first-order valence-corrected chi connectivity index (χ1v) is 8.97. The van der Waals surface area contributed by atoms with Crippen LogP contribution in [0.1, 0.15) is 10.6 Å². The Morgan fingerprint density at radius 1 is 1.40 bits per heavy atom. The van der Waals surface area contributed by atoms with Crippen molar-refractivity contribution >= 4 is 39.3 Å². The van der Waals surface area contributed by atoms with Gasteiger partial charge in [-0.2, -0.15) is 8.42 Å². The van der Waals surface area contributed by atoms with Crippen LogP contribution < -0.4 is 11.1 Å². The summed E-state index contributed by atoms with van der Waals surface area (Å²) in [5.74, 6) is -1.96. The first-order valence-electron chi connectivity index (χ1n) is 6.78. The fourth-order valence-corrected chi connectivity index (χ4v) is 2.54. The Morgan fingerprint density at radius 3 is 2.60 bits per heavy atom. The third kappa shape index (κ3) is 4.50. The van der Waals surface area contributed by atoms with Crippen molar-refractivity contribution in [3.63, 3.8) is 0 Å². The first-order chi connectivity index (χ1) is 11.6. The van der Waals surface area contributed by atoms with Gasteiger partial charge in [-0.3, -0.25) is 10.2 Å². The highest BCUT2D eigenvalue weighted by molar-refractivity contribution is 7.85. The van der Waals surface area contributed by atoms with E-state index in [4.69, 9.17) is 27.2 Å². The van der Waals surface area contributed by atoms with Crippen LogP contribution in [0, 0.1) is 5.41 Å². The molecule has 2 aromatic rings.